The Kier molecular flexibility index (Phi) is 6.87. The molecule has 21 heavy (non-hydrogen) atoms. The number of nitrogens with zero attached hydrogens (tertiary/aromatic N) is 2. The van der Waals surface area contributed by atoms with Crippen LogP contribution in [0, 0.1) is 0 Å². The molecule has 4 nitrogen and oxygen atoms in total. The lowest BCUT2D eigenvalue weighted by Gasteiger charge is -2.22. The molecule has 1 fully saturated rings. The van der Waals surface area contributed by atoms with E-state index >= 15 is 0 Å². The number of aromatic nitrogens is 1. The zero-order valence-corrected chi connectivity index (χ0v) is 14.2. The van der Waals surface area contributed by atoms with Crippen molar-refractivity contribution in [3.63, 3.8) is 0 Å². The second-order valence-corrected chi connectivity index (χ2v) is 5.86. The van der Waals surface area contributed by atoms with Gasteiger partial charge in [0.2, 0.25) is 5.91 Å². The third-order valence-electron chi connectivity index (χ3n) is 3.50. The Morgan fingerprint density at radius 1 is 1.43 bits per heavy atom. The largest absolute Gasteiger partial charge is 0.332 e. The predicted molar refractivity (Wildman–Crippen MR) is 91.7 cm³/mol. The van der Waals surface area contributed by atoms with Gasteiger partial charge in [-0.25, -0.2) is 4.98 Å². The number of benzene rings is 1. The van der Waals surface area contributed by atoms with Gasteiger partial charge in [-0.2, -0.15) is 0 Å². The van der Waals surface area contributed by atoms with E-state index in [2.05, 4.69) is 11.4 Å². The normalized spacial score (nSPS) is 17.4. The average Bonchev–Trinajstić information content (AvgIpc) is 3.05. The lowest BCUT2D eigenvalue weighted by Crippen LogP contribution is -2.36. The van der Waals surface area contributed by atoms with Crippen LogP contribution in [0.15, 0.2) is 24.3 Å². The van der Waals surface area contributed by atoms with Crippen LogP contribution in [0.1, 0.15) is 23.9 Å². The van der Waals surface area contributed by atoms with Crippen LogP contribution in [-0.2, 0) is 4.79 Å². The van der Waals surface area contributed by atoms with Gasteiger partial charge in [0, 0.05) is 6.54 Å². The molecule has 2 aromatic rings. The number of halogens is 2. The molecule has 3 rings (SSSR count). The average molecular weight is 348 g/mol. The molecular formula is C14H19Cl2N3OS. The molecule has 2 heterocycles. The first kappa shape index (κ1) is 18.2. The van der Waals surface area contributed by atoms with Crippen molar-refractivity contribution in [3.05, 3.63) is 29.3 Å². The van der Waals surface area contributed by atoms with Crippen molar-refractivity contribution in [1.82, 2.24) is 15.2 Å². The van der Waals surface area contributed by atoms with E-state index in [0.29, 0.717) is 6.54 Å². The first-order valence-electron chi connectivity index (χ1n) is 6.59. The number of fused-ring (bicyclic) bond motifs is 1. The summed E-state index contributed by atoms with van der Waals surface area (Å²) in [6.45, 7) is 1.25. The summed E-state index contributed by atoms with van der Waals surface area (Å²) in [5.41, 5.74) is 1.04. The number of amides is 1. The maximum Gasteiger partial charge on any atom is 0.237 e. The molecule has 7 heteroatoms. The molecule has 1 unspecified atom stereocenters. The minimum atomic E-state index is 0. The number of likely N-dealkylation sites (tertiary alicyclic amines) is 1. The summed E-state index contributed by atoms with van der Waals surface area (Å²) in [5.74, 6) is 0.171. The molecule has 0 bridgehead atoms. The van der Waals surface area contributed by atoms with Crippen LogP contribution in [0.2, 0.25) is 0 Å². The van der Waals surface area contributed by atoms with E-state index in [1.807, 2.05) is 23.1 Å². The van der Waals surface area contributed by atoms with E-state index in [9.17, 15) is 4.79 Å². The number of carbonyl (C=O) groups is 1. The molecular weight excluding hydrogens is 329 g/mol. The highest BCUT2D eigenvalue weighted by Crippen LogP contribution is 2.36. The maximum atomic E-state index is 12.1. The molecule has 1 aromatic heterocycles. The Labute approximate surface area is 140 Å². The van der Waals surface area contributed by atoms with Gasteiger partial charge in [-0.15, -0.1) is 36.2 Å². The number of nitrogens with one attached hydrogen (secondary N) is 1. The van der Waals surface area contributed by atoms with Crippen LogP contribution in [0.25, 0.3) is 10.2 Å². The predicted octanol–water partition coefficient (Wildman–Crippen LogP) is 3.02. The Morgan fingerprint density at radius 3 is 2.90 bits per heavy atom. The Bertz CT molecular complexity index is 572. The van der Waals surface area contributed by atoms with Gasteiger partial charge >= 0.3 is 0 Å². The van der Waals surface area contributed by atoms with E-state index < -0.39 is 0 Å². The number of rotatable bonds is 3. The number of likely N-dealkylation sites (N-methyl/N-ethyl adjacent to an activating group) is 1. The summed E-state index contributed by atoms with van der Waals surface area (Å²) in [6.07, 6.45) is 2.09. The number of para-hydroxylation sites is 1. The molecule has 0 aliphatic carbocycles. The second kappa shape index (κ2) is 7.94. The van der Waals surface area contributed by atoms with Crippen molar-refractivity contribution in [2.75, 3.05) is 20.1 Å². The molecule has 1 aliphatic rings. The minimum absolute atomic E-state index is 0. The molecule has 1 atom stereocenters. The molecule has 1 amide bonds. The van der Waals surface area contributed by atoms with Crippen LogP contribution in [-0.4, -0.2) is 35.9 Å². The standard InChI is InChI=1S/C14H17N3OS.2ClH/c1-15-9-13(18)17-8-4-6-11(17)14-16-10-5-2-3-7-12(10)19-14;;/h2-3,5,7,11,15H,4,6,8-9H2,1H3;2*1H. The van der Waals surface area contributed by atoms with Gasteiger partial charge in [0.1, 0.15) is 5.01 Å². The monoisotopic (exact) mass is 347 g/mol. The zero-order chi connectivity index (χ0) is 13.2. The lowest BCUT2D eigenvalue weighted by atomic mass is 10.2. The molecule has 1 aromatic carbocycles. The Morgan fingerprint density at radius 2 is 2.19 bits per heavy atom. The second-order valence-electron chi connectivity index (χ2n) is 4.80. The van der Waals surface area contributed by atoms with E-state index in [-0.39, 0.29) is 36.8 Å². The van der Waals surface area contributed by atoms with Gasteiger partial charge in [0.25, 0.3) is 0 Å². The highest BCUT2D eigenvalue weighted by atomic mass is 35.5. The SMILES string of the molecule is CNCC(=O)N1CCCC1c1nc2ccccc2s1.Cl.Cl. The zero-order valence-electron chi connectivity index (χ0n) is 11.7. The van der Waals surface area contributed by atoms with Gasteiger partial charge in [-0.3, -0.25) is 4.79 Å². The number of hydrogen-bond acceptors (Lipinski definition) is 4. The number of hydrogen-bond donors (Lipinski definition) is 1. The third kappa shape index (κ3) is 3.66. The minimum Gasteiger partial charge on any atom is -0.332 e. The van der Waals surface area contributed by atoms with Crippen LogP contribution >= 0.6 is 36.2 Å². The van der Waals surface area contributed by atoms with Crippen LogP contribution in [0.4, 0.5) is 0 Å². The molecule has 0 spiro atoms. The molecule has 116 valence electrons. The van der Waals surface area contributed by atoms with E-state index in [1.165, 1.54) is 4.70 Å². The topological polar surface area (TPSA) is 45.2 Å². The maximum absolute atomic E-state index is 12.1. The van der Waals surface area contributed by atoms with Crippen molar-refractivity contribution < 1.29 is 4.79 Å². The molecule has 0 saturated carbocycles. The fourth-order valence-corrected chi connectivity index (χ4v) is 3.72. The van der Waals surface area contributed by atoms with Crippen molar-refractivity contribution in [2.24, 2.45) is 0 Å². The summed E-state index contributed by atoms with van der Waals surface area (Å²) in [4.78, 5) is 18.7. The highest BCUT2D eigenvalue weighted by molar-refractivity contribution is 7.18. The Balaban J connectivity index is 0.00000110. The molecule has 1 N–H and O–H groups in total. The fourth-order valence-electron chi connectivity index (χ4n) is 2.61. The molecule has 1 aliphatic heterocycles. The van der Waals surface area contributed by atoms with Gasteiger partial charge in [-0.1, -0.05) is 12.1 Å². The van der Waals surface area contributed by atoms with E-state index in [0.717, 1.165) is 29.9 Å². The van der Waals surface area contributed by atoms with Gasteiger partial charge in [0.05, 0.1) is 22.8 Å². The van der Waals surface area contributed by atoms with Gasteiger partial charge in [-0.05, 0) is 32.0 Å². The lowest BCUT2D eigenvalue weighted by molar-refractivity contribution is -0.131. The fraction of sp³-hybridized carbons (Fsp3) is 0.429. The summed E-state index contributed by atoms with van der Waals surface area (Å²) >= 11 is 1.71. The van der Waals surface area contributed by atoms with Crippen molar-refractivity contribution in [3.8, 4) is 0 Å². The smallest absolute Gasteiger partial charge is 0.237 e. The summed E-state index contributed by atoms with van der Waals surface area (Å²) < 4.78 is 1.20. The Hall–Kier alpha value is -0.880. The number of thiazole rings is 1. The van der Waals surface area contributed by atoms with Crippen LogP contribution in [0.3, 0.4) is 0 Å². The summed E-state index contributed by atoms with van der Waals surface area (Å²) in [6, 6.07) is 8.32. The third-order valence-corrected chi connectivity index (χ3v) is 4.63. The summed E-state index contributed by atoms with van der Waals surface area (Å²) in [7, 11) is 1.81. The van der Waals surface area contributed by atoms with Crippen molar-refractivity contribution >= 4 is 52.3 Å². The summed E-state index contributed by atoms with van der Waals surface area (Å²) in [5, 5.41) is 4.01. The van der Waals surface area contributed by atoms with Gasteiger partial charge < -0.3 is 10.2 Å². The first-order valence-corrected chi connectivity index (χ1v) is 7.41. The quantitative estimate of drug-likeness (QED) is 0.927. The van der Waals surface area contributed by atoms with E-state index in [1.54, 1.807) is 18.4 Å². The van der Waals surface area contributed by atoms with Crippen molar-refractivity contribution in [2.45, 2.75) is 18.9 Å². The van der Waals surface area contributed by atoms with Crippen LogP contribution < -0.4 is 5.32 Å². The highest BCUT2D eigenvalue weighted by Gasteiger charge is 2.31. The van der Waals surface area contributed by atoms with E-state index in [4.69, 9.17) is 4.98 Å². The first-order chi connectivity index (χ1) is 9.29. The van der Waals surface area contributed by atoms with Gasteiger partial charge in [0.15, 0.2) is 0 Å². The number of carbonyl (C=O) groups excluding carboxylic acids is 1. The molecule has 0 radical (unpaired) electrons. The molecule has 1 saturated heterocycles. The van der Waals surface area contributed by atoms with Crippen molar-refractivity contribution in [1.29, 1.82) is 0 Å². The van der Waals surface area contributed by atoms with Crippen LogP contribution in [0.5, 0.6) is 0 Å².